The van der Waals surface area contributed by atoms with Gasteiger partial charge in [-0.25, -0.2) is 0 Å². The smallest absolute Gasteiger partial charge is 0.224 e. The van der Waals surface area contributed by atoms with E-state index >= 15 is 0 Å². The molecule has 0 spiro atoms. The highest BCUT2D eigenvalue weighted by molar-refractivity contribution is 5.91. The molecule has 7 heteroatoms. The van der Waals surface area contributed by atoms with E-state index in [0.29, 0.717) is 25.3 Å². The van der Waals surface area contributed by atoms with Gasteiger partial charge in [0.2, 0.25) is 11.8 Å². The fourth-order valence-corrected chi connectivity index (χ4v) is 5.03. The molecule has 0 aromatic heterocycles. The lowest BCUT2D eigenvalue weighted by atomic mass is 9.84. The fraction of sp³-hybridized carbons (Fsp3) is 0.481. The average Bonchev–Trinajstić information content (AvgIpc) is 3.57. The standard InChI is InChI=1S/C27H32N2O5/c30-16-24-27-22(14-20(33-24)15-25(31)28-11-10-17-4-2-1-3-5-17)21-13-19(8-9-23(21)34-27)29-26(32)12-18-6-7-18/h1-5,8-9,13,18,20,22,24,27,30H,6-7,10-12,14-16H2,(H,28,31)(H,29,32)/t20-,22+,24-,27-/m1/s1. The summed E-state index contributed by atoms with van der Waals surface area (Å²) in [5.41, 5.74) is 2.95. The predicted molar refractivity (Wildman–Crippen MR) is 128 cm³/mol. The molecule has 34 heavy (non-hydrogen) atoms. The van der Waals surface area contributed by atoms with Crippen LogP contribution in [0.25, 0.3) is 0 Å². The molecule has 4 atom stereocenters. The van der Waals surface area contributed by atoms with Gasteiger partial charge >= 0.3 is 0 Å². The van der Waals surface area contributed by atoms with Crippen molar-refractivity contribution in [3.63, 3.8) is 0 Å². The molecule has 1 saturated heterocycles. The van der Waals surface area contributed by atoms with Crippen molar-refractivity contribution in [3.8, 4) is 5.75 Å². The molecular weight excluding hydrogens is 432 g/mol. The molecule has 2 aromatic rings. The van der Waals surface area contributed by atoms with Crippen molar-refractivity contribution in [1.82, 2.24) is 5.32 Å². The second-order valence-electron chi connectivity index (χ2n) is 9.64. The molecule has 0 radical (unpaired) electrons. The molecule has 0 unspecified atom stereocenters. The molecule has 0 bridgehead atoms. The van der Waals surface area contributed by atoms with Crippen LogP contribution in [0.2, 0.25) is 0 Å². The quantitative estimate of drug-likeness (QED) is 0.530. The lowest BCUT2D eigenvalue weighted by Crippen LogP contribution is -2.47. The molecule has 2 aromatic carbocycles. The molecule has 5 rings (SSSR count). The topological polar surface area (TPSA) is 96.9 Å². The first-order chi connectivity index (χ1) is 16.6. The van der Waals surface area contributed by atoms with Crippen molar-refractivity contribution < 1.29 is 24.2 Å². The predicted octanol–water partition coefficient (Wildman–Crippen LogP) is 3.17. The van der Waals surface area contributed by atoms with Crippen molar-refractivity contribution in [2.75, 3.05) is 18.5 Å². The first kappa shape index (κ1) is 22.9. The SMILES string of the molecule is O=C(C[C@H]1C[C@H]2c3cc(NC(=O)CC4CC4)ccc3O[C@H]2[C@@H](CO)O1)NCCc1ccccc1. The Hall–Kier alpha value is -2.90. The Morgan fingerprint density at radius 2 is 1.85 bits per heavy atom. The highest BCUT2D eigenvalue weighted by Gasteiger charge is 2.46. The Bertz CT molecular complexity index is 1020. The molecule has 2 fully saturated rings. The normalized spacial score (nSPS) is 25.1. The zero-order valence-corrected chi connectivity index (χ0v) is 19.2. The maximum atomic E-state index is 12.6. The number of carbonyl (C=O) groups excluding carboxylic acids is 2. The largest absolute Gasteiger partial charge is 0.487 e. The van der Waals surface area contributed by atoms with Gasteiger partial charge in [0.15, 0.2) is 0 Å². The van der Waals surface area contributed by atoms with Gasteiger partial charge in [-0.05, 0) is 55.4 Å². The van der Waals surface area contributed by atoms with Crippen LogP contribution in [0.1, 0.15) is 49.1 Å². The first-order valence-corrected chi connectivity index (χ1v) is 12.3. The zero-order valence-electron chi connectivity index (χ0n) is 19.2. The summed E-state index contributed by atoms with van der Waals surface area (Å²) in [5.74, 6) is 1.27. The Morgan fingerprint density at radius 3 is 2.62 bits per heavy atom. The van der Waals surface area contributed by atoms with Gasteiger partial charge in [0.25, 0.3) is 0 Å². The van der Waals surface area contributed by atoms with Crippen molar-refractivity contribution in [2.45, 2.75) is 62.8 Å². The average molecular weight is 465 g/mol. The number of benzene rings is 2. The van der Waals surface area contributed by atoms with Crippen LogP contribution < -0.4 is 15.4 Å². The maximum absolute atomic E-state index is 12.6. The third kappa shape index (κ3) is 5.42. The number of amides is 2. The summed E-state index contributed by atoms with van der Waals surface area (Å²) in [4.78, 5) is 24.8. The van der Waals surface area contributed by atoms with Crippen molar-refractivity contribution in [1.29, 1.82) is 0 Å². The van der Waals surface area contributed by atoms with E-state index in [4.69, 9.17) is 9.47 Å². The van der Waals surface area contributed by atoms with Gasteiger partial charge in [0.1, 0.15) is 18.0 Å². The summed E-state index contributed by atoms with van der Waals surface area (Å²) in [6.45, 7) is 0.396. The van der Waals surface area contributed by atoms with Gasteiger partial charge in [0, 0.05) is 30.1 Å². The van der Waals surface area contributed by atoms with Crippen LogP contribution in [-0.2, 0) is 20.7 Å². The van der Waals surface area contributed by atoms with Gasteiger partial charge < -0.3 is 25.2 Å². The van der Waals surface area contributed by atoms with Crippen LogP contribution in [0.3, 0.4) is 0 Å². The second kappa shape index (κ2) is 10.2. The fourth-order valence-electron chi connectivity index (χ4n) is 5.03. The molecular formula is C27H32N2O5. The van der Waals surface area contributed by atoms with Gasteiger partial charge in [-0.2, -0.15) is 0 Å². The number of aliphatic hydroxyl groups is 1. The Morgan fingerprint density at radius 1 is 1.03 bits per heavy atom. The van der Waals surface area contributed by atoms with Gasteiger partial charge in [-0.3, -0.25) is 9.59 Å². The van der Waals surface area contributed by atoms with E-state index in [1.165, 1.54) is 5.56 Å². The number of ether oxygens (including phenoxy) is 2. The number of hydrogen-bond donors (Lipinski definition) is 3. The molecule has 2 aliphatic heterocycles. The van der Waals surface area contributed by atoms with Crippen LogP contribution in [0.15, 0.2) is 48.5 Å². The number of anilines is 1. The summed E-state index contributed by atoms with van der Waals surface area (Å²) in [6, 6.07) is 15.7. The van der Waals surface area contributed by atoms with Gasteiger partial charge in [-0.1, -0.05) is 30.3 Å². The van der Waals surface area contributed by atoms with Crippen molar-refractivity contribution >= 4 is 17.5 Å². The molecule has 2 amide bonds. The summed E-state index contributed by atoms with van der Waals surface area (Å²) < 4.78 is 12.2. The van der Waals surface area contributed by atoms with Crippen LogP contribution in [0, 0.1) is 5.92 Å². The van der Waals surface area contributed by atoms with Crippen LogP contribution >= 0.6 is 0 Å². The van der Waals surface area contributed by atoms with E-state index in [1.807, 2.05) is 48.5 Å². The number of carbonyl (C=O) groups is 2. The summed E-state index contributed by atoms with van der Waals surface area (Å²) in [6.07, 6.45) is 3.38. The number of nitrogens with one attached hydrogen (secondary N) is 2. The monoisotopic (exact) mass is 464 g/mol. The number of rotatable bonds is 9. The van der Waals surface area contributed by atoms with Gasteiger partial charge in [0.05, 0.1) is 19.1 Å². The van der Waals surface area contributed by atoms with Crippen molar-refractivity contribution in [3.05, 3.63) is 59.7 Å². The van der Waals surface area contributed by atoms with E-state index < -0.39 is 6.10 Å². The number of hydrogen-bond acceptors (Lipinski definition) is 5. The van der Waals surface area contributed by atoms with Crippen LogP contribution in [0.5, 0.6) is 5.75 Å². The molecule has 7 nitrogen and oxygen atoms in total. The summed E-state index contributed by atoms with van der Waals surface area (Å²) >= 11 is 0. The Labute approximate surface area is 199 Å². The number of aliphatic hydroxyl groups excluding tert-OH is 1. The minimum atomic E-state index is -0.499. The minimum absolute atomic E-state index is 0.00306. The van der Waals surface area contributed by atoms with E-state index in [1.54, 1.807) is 0 Å². The molecule has 1 saturated carbocycles. The molecule has 3 N–H and O–H groups in total. The first-order valence-electron chi connectivity index (χ1n) is 12.3. The minimum Gasteiger partial charge on any atom is -0.487 e. The molecule has 3 aliphatic rings. The Kier molecular flexibility index (Phi) is 6.83. The lowest BCUT2D eigenvalue weighted by Gasteiger charge is -2.37. The van der Waals surface area contributed by atoms with Gasteiger partial charge in [-0.15, -0.1) is 0 Å². The van der Waals surface area contributed by atoms with E-state index in [0.717, 1.165) is 36.3 Å². The molecule has 2 heterocycles. The lowest BCUT2D eigenvalue weighted by molar-refractivity contribution is -0.142. The summed E-state index contributed by atoms with van der Waals surface area (Å²) in [7, 11) is 0. The van der Waals surface area contributed by atoms with Crippen LogP contribution in [0.4, 0.5) is 5.69 Å². The van der Waals surface area contributed by atoms with Crippen LogP contribution in [-0.4, -0.2) is 48.4 Å². The second-order valence-corrected chi connectivity index (χ2v) is 9.64. The van der Waals surface area contributed by atoms with E-state index in [-0.39, 0.29) is 43.0 Å². The zero-order chi connectivity index (χ0) is 23.5. The maximum Gasteiger partial charge on any atom is 0.224 e. The third-order valence-electron chi connectivity index (χ3n) is 6.95. The third-order valence-corrected chi connectivity index (χ3v) is 6.95. The van der Waals surface area contributed by atoms with E-state index in [2.05, 4.69) is 10.6 Å². The number of fused-ring (bicyclic) bond motifs is 3. The molecule has 1 aliphatic carbocycles. The summed E-state index contributed by atoms with van der Waals surface area (Å²) in [5, 5.41) is 15.9. The van der Waals surface area contributed by atoms with Crippen molar-refractivity contribution in [2.24, 2.45) is 5.92 Å². The highest BCUT2D eigenvalue weighted by atomic mass is 16.6. The Balaban J connectivity index is 1.20. The highest BCUT2D eigenvalue weighted by Crippen LogP contribution is 2.47. The van der Waals surface area contributed by atoms with E-state index in [9.17, 15) is 14.7 Å². The molecule has 180 valence electrons.